The summed E-state index contributed by atoms with van der Waals surface area (Å²) in [5.41, 5.74) is 7.35. The van der Waals surface area contributed by atoms with Crippen molar-refractivity contribution in [1.29, 1.82) is 0 Å². The Bertz CT molecular complexity index is 499. The van der Waals surface area contributed by atoms with Crippen molar-refractivity contribution in [3.63, 3.8) is 0 Å². The van der Waals surface area contributed by atoms with Gasteiger partial charge in [0.1, 0.15) is 17.4 Å². The Kier molecular flexibility index (Phi) is 3.38. The number of carboxylic acid groups (broad SMARTS) is 1. The minimum Gasteiger partial charge on any atom is -0.486 e. The normalized spacial score (nSPS) is 18.0. The van der Waals surface area contributed by atoms with Crippen molar-refractivity contribution < 1.29 is 14.6 Å². The molecule has 0 unspecified atom stereocenters. The average Bonchev–Trinajstić information content (AvgIpc) is 2.59. The lowest BCUT2D eigenvalue weighted by atomic mass is 9.94. The monoisotopic (exact) mass is 313 g/mol. The van der Waals surface area contributed by atoms with Crippen LogP contribution in [0.3, 0.4) is 0 Å². The number of nitrogens with two attached hydrogens (primary N) is 1. The van der Waals surface area contributed by atoms with E-state index in [2.05, 4.69) is 15.9 Å². The van der Waals surface area contributed by atoms with Crippen molar-refractivity contribution in [1.82, 2.24) is 0 Å². The van der Waals surface area contributed by atoms with E-state index in [0.29, 0.717) is 6.42 Å². The molecule has 0 spiro atoms. The third kappa shape index (κ3) is 2.52. The Balaban J connectivity index is 2.35. The van der Waals surface area contributed by atoms with E-state index in [1.807, 2.05) is 26.0 Å². The van der Waals surface area contributed by atoms with Gasteiger partial charge >= 0.3 is 5.97 Å². The van der Waals surface area contributed by atoms with Crippen molar-refractivity contribution in [3.8, 4) is 5.75 Å². The van der Waals surface area contributed by atoms with Crippen molar-refractivity contribution in [2.75, 3.05) is 0 Å². The Labute approximate surface area is 114 Å². The number of benzene rings is 1. The van der Waals surface area contributed by atoms with Gasteiger partial charge in [-0.1, -0.05) is 6.07 Å². The molecule has 0 radical (unpaired) electrons. The fourth-order valence-corrected chi connectivity index (χ4v) is 2.65. The maximum atomic E-state index is 10.8. The minimum absolute atomic E-state index is 0.256. The molecule has 1 aliphatic heterocycles. The van der Waals surface area contributed by atoms with Crippen LogP contribution in [-0.2, 0) is 17.6 Å². The van der Waals surface area contributed by atoms with Gasteiger partial charge in [-0.15, -0.1) is 0 Å². The highest BCUT2D eigenvalue weighted by Crippen LogP contribution is 2.42. The van der Waals surface area contributed by atoms with E-state index in [0.717, 1.165) is 27.8 Å². The summed E-state index contributed by atoms with van der Waals surface area (Å²) in [5.74, 6) is -0.167. The lowest BCUT2D eigenvalue weighted by molar-refractivity contribution is -0.138. The van der Waals surface area contributed by atoms with Crippen LogP contribution in [0.15, 0.2) is 16.6 Å². The number of carbonyl (C=O) groups is 1. The fraction of sp³-hybridized carbons (Fsp3) is 0.462. The van der Waals surface area contributed by atoms with Crippen LogP contribution in [-0.4, -0.2) is 22.7 Å². The largest absolute Gasteiger partial charge is 0.486 e. The highest BCUT2D eigenvalue weighted by atomic mass is 79.9. The SMILES string of the molecule is CC1(C)Cc2c(C[C@H](N)C(=O)O)ccc(Br)c2O1. The van der Waals surface area contributed by atoms with Crippen LogP contribution in [0.5, 0.6) is 5.75 Å². The third-order valence-electron chi connectivity index (χ3n) is 3.05. The smallest absolute Gasteiger partial charge is 0.320 e. The Hall–Kier alpha value is -1.07. The summed E-state index contributed by atoms with van der Waals surface area (Å²) >= 11 is 3.46. The van der Waals surface area contributed by atoms with E-state index in [-0.39, 0.29) is 5.60 Å². The van der Waals surface area contributed by atoms with Gasteiger partial charge in [0.2, 0.25) is 0 Å². The highest BCUT2D eigenvalue weighted by molar-refractivity contribution is 9.10. The number of hydrogen-bond donors (Lipinski definition) is 2. The van der Waals surface area contributed by atoms with Crippen molar-refractivity contribution in [3.05, 3.63) is 27.7 Å². The maximum Gasteiger partial charge on any atom is 0.320 e. The molecule has 0 aromatic heterocycles. The zero-order valence-corrected chi connectivity index (χ0v) is 12.0. The molecule has 4 nitrogen and oxygen atoms in total. The molecule has 1 atom stereocenters. The summed E-state index contributed by atoms with van der Waals surface area (Å²) in [5, 5.41) is 8.88. The summed E-state index contributed by atoms with van der Waals surface area (Å²) in [7, 11) is 0. The molecule has 1 aromatic carbocycles. The summed E-state index contributed by atoms with van der Waals surface area (Å²) in [6, 6.07) is 2.92. The van der Waals surface area contributed by atoms with E-state index >= 15 is 0 Å². The van der Waals surface area contributed by atoms with Crippen LogP contribution in [0, 0.1) is 0 Å². The minimum atomic E-state index is -0.982. The van der Waals surface area contributed by atoms with E-state index in [9.17, 15) is 4.79 Å². The molecule has 98 valence electrons. The number of aliphatic carboxylic acids is 1. The first-order chi connectivity index (χ1) is 8.30. The molecule has 0 aliphatic carbocycles. The van der Waals surface area contributed by atoms with Crippen LogP contribution in [0.1, 0.15) is 25.0 Å². The molecular weight excluding hydrogens is 298 g/mol. The van der Waals surface area contributed by atoms with Gasteiger partial charge in [-0.2, -0.15) is 0 Å². The van der Waals surface area contributed by atoms with Gasteiger partial charge in [0, 0.05) is 12.0 Å². The number of fused-ring (bicyclic) bond motifs is 1. The molecule has 0 fully saturated rings. The number of ether oxygens (including phenoxy) is 1. The van der Waals surface area contributed by atoms with Crippen molar-refractivity contribution >= 4 is 21.9 Å². The van der Waals surface area contributed by atoms with Gasteiger partial charge in [0.05, 0.1) is 4.47 Å². The quantitative estimate of drug-likeness (QED) is 0.896. The van der Waals surface area contributed by atoms with E-state index in [1.54, 1.807) is 0 Å². The Morgan fingerprint density at radius 1 is 1.61 bits per heavy atom. The molecule has 0 bridgehead atoms. The van der Waals surface area contributed by atoms with E-state index in [4.69, 9.17) is 15.6 Å². The Morgan fingerprint density at radius 2 is 2.28 bits per heavy atom. The summed E-state index contributed by atoms with van der Waals surface area (Å²) < 4.78 is 6.77. The van der Waals surface area contributed by atoms with Gasteiger partial charge in [-0.3, -0.25) is 4.79 Å². The lowest BCUT2D eigenvalue weighted by Gasteiger charge is -2.17. The third-order valence-corrected chi connectivity index (χ3v) is 3.67. The standard InChI is InChI=1S/C13H16BrNO3/c1-13(2)6-8-7(5-10(15)12(16)17)3-4-9(14)11(8)18-13/h3-4,10H,5-6,15H2,1-2H3,(H,16,17)/t10-/m0/s1. The van der Waals surface area contributed by atoms with E-state index < -0.39 is 12.0 Å². The molecule has 0 saturated carbocycles. The number of hydrogen-bond acceptors (Lipinski definition) is 3. The van der Waals surface area contributed by atoms with Crippen LogP contribution >= 0.6 is 15.9 Å². The molecule has 1 heterocycles. The molecule has 0 saturated heterocycles. The second-order valence-electron chi connectivity index (χ2n) is 5.20. The first-order valence-electron chi connectivity index (χ1n) is 5.78. The Morgan fingerprint density at radius 3 is 2.89 bits per heavy atom. The first kappa shape index (κ1) is 13.4. The van der Waals surface area contributed by atoms with Crippen LogP contribution in [0.4, 0.5) is 0 Å². The molecule has 18 heavy (non-hydrogen) atoms. The maximum absolute atomic E-state index is 10.8. The summed E-state index contributed by atoms with van der Waals surface area (Å²) in [6.45, 7) is 4.03. The molecule has 0 amide bonds. The lowest BCUT2D eigenvalue weighted by Crippen LogP contribution is -2.32. The van der Waals surface area contributed by atoms with Gasteiger partial charge in [-0.25, -0.2) is 0 Å². The van der Waals surface area contributed by atoms with Gasteiger partial charge < -0.3 is 15.6 Å². The predicted octanol–water partition coefficient (Wildman–Crippen LogP) is 2.12. The second kappa shape index (κ2) is 4.55. The number of rotatable bonds is 3. The van der Waals surface area contributed by atoms with E-state index in [1.165, 1.54) is 0 Å². The zero-order valence-electron chi connectivity index (χ0n) is 10.4. The van der Waals surface area contributed by atoms with Crippen LogP contribution in [0.25, 0.3) is 0 Å². The van der Waals surface area contributed by atoms with Gasteiger partial charge in [0.25, 0.3) is 0 Å². The summed E-state index contributed by atoms with van der Waals surface area (Å²) in [6.07, 6.45) is 1.09. The molecule has 1 aliphatic rings. The van der Waals surface area contributed by atoms with Gasteiger partial charge in [0.15, 0.2) is 0 Å². The topological polar surface area (TPSA) is 72.6 Å². The fourth-order valence-electron chi connectivity index (χ4n) is 2.20. The summed E-state index contributed by atoms with van der Waals surface area (Å²) in [4.78, 5) is 10.8. The molecular formula is C13H16BrNO3. The number of carboxylic acids is 1. The molecule has 3 N–H and O–H groups in total. The molecule has 5 heteroatoms. The zero-order chi connectivity index (χ0) is 13.5. The second-order valence-corrected chi connectivity index (χ2v) is 6.06. The molecule has 1 aromatic rings. The van der Waals surface area contributed by atoms with Crippen molar-refractivity contribution in [2.24, 2.45) is 5.73 Å². The first-order valence-corrected chi connectivity index (χ1v) is 6.57. The average molecular weight is 314 g/mol. The predicted molar refractivity (Wildman–Crippen MR) is 71.9 cm³/mol. The highest BCUT2D eigenvalue weighted by Gasteiger charge is 2.33. The van der Waals surface area contributed by atoms with Crippen LogP contribution < -0.4 is 10.5 Å². The molecule has 2 rings (SSSR count). The van der Waals surface area contributed by atoms with Crippen LogP contribution in [0.2, 0.25) is 0 Å². The number of halogens is 1. The van der Waals surface area contributed by atoms with Crippen molar-refractivity contribution in [2.45, 2.75) is 38.3 Å². The van der Waals surface area contributed by atoms with Gasteiger partial charge in [-0.05, 0) is 47.8 Å².